The average molecular weight is 326 g/mol. The van der Waals surface area contributed by atoms with E-state index in [-0.39, 0.29) is 34.6 Å². The summed E-state index contributed by atoms with van der Waals surface area (Å²) in [6, 6.07) is 7.57. The van der Waals surface area contributed by atoms with Crippen molar-refractivity contribution in [2.75, 3.05) is 0 Å². The Labute approximate surface area is 130 Å². The molecule has 0 radical (unpaired) electrons. The van der Waals surface area contributed by atoms with Crippen LogP contribution in [0.4, 0.5) is 0 Å². The van der Waals surface area contributed by atoms with Gasteiger partial charge in [-0.15, -0.1) is 11.3 Å². The molecule has 2 aromatic rings. The van der Waals surface area contributed by atoms with E-state index in [4.69, 9.17) is 0 Å². The first-order valence-corrected chi connectivity index (χ1v) is 6.72. The third kappa shape index (κ3) is 3.46. The van der Waals surface area contributed by atoms with E-state index in [0.717, 1.165) is 10.0 Å². The van der Waals surface area contributed by atoms with Crippen molar-refractivity contribution in [3.63, 3.8) is 0 Å². The van der Waals surface area contributed by atoms with Gasteiger partial charge in [0.25, 0.3) is 0 Å². The van der Waals surface area contributed by atoms with Gasteiger partial charge in [-0.25, -0.2) is 4.98 Å². The van der Waals surface area contributed by atoms with Gasteiger partial charge in [-0.1, -0.05) is 28.1 Å². The zero-order valence-corrected chi connectivity index (χ0v) is 13.6. The summed E-state index contributed by atoms with van der Waals surface area (Å²) < 4.78 is 22.3. The van der Waals surface area contributed by atoms with Gasteiger partial charge in [0.15, 0.2) is 0 Å². The largest absolute Gasteiger partial charge is 1.00 e. The Kier molecular flexibility index (Phi) is 5.79. The molecule has 78 valence electrons. The number of rotatable bonds is 2. The molecule has 0 saturated carbocycles. The van der Waals surface area contributed by atoms with Crippen LogP contribution in [0, 0.1) is 0 Å². The van der Waals surface area contributed by atoms with E-state index in [1.54, 1.807) is 0 Å². The molecule has 1 unspecified atom stereocenters. The molecule has 0 amide bonds. The fourth-order valence-electron chi connectivity index (χ4n) is 1.06. The van der Waals surface area contributed by atoms with Crippen LogP contribution in [-0.4, -0.2) is 13.7 Å². The van der Waals surface area contributed by atoms with E-state index in [0.29, 0.717) is 5.01 Å². The van der Waals surface area contributed by atoms with Gasteiger partial charge < -0.3 is 4.55 Å². The molecule has 0 N–H and O–H groups in total. The van der Waals surface area contributed by atoms with Crippen molar-refractivity contribution in [2.24, 2.45) is 0 Å². The van der Waals surface area contributed by atoms with Crippen LogP contribution >= 0.6 is 27.3 Å². The summed E-state index contributed by atoms with van der Waals surface area (Å²) in [6.45, 7) is 0. The van der Waals surface area contributed by atoms with Crippen molar-refractivity contribution in [2.45, 2.75) is 5.03 Å². The fraction of sp³-hybridized carbons (Fsp3) is 0. The van der Waals surface area contributed by atoms with Crippen molar-refractivity contribution in [1.82, 2.24) is 4.98 Å². The number of benzene rings is 1. The molecule has 0 bridgehead atoms. The molecule has 1 aromatic carbocycles. The number of hydrogen-bond acceptors (Lipinski definition) is 4. The molecule has 1 heterocycles. The molecule has 0 fully saturated rings. The van der Waals surface area contributed by atoms with Gasteiger partial charge >= 0.3 is 29.6 Å². The summed E-state index contributed by atoms with van der Waals surface area (Å²) in [5, 5.41) is 2.33. The van der Waals surface area contributed by atoms with E-state index in [1.165, 1.54) is 16.7 Å². The summed E-state index contributed by atoms with van der Waals surface area (Å²) in [4.78, 5) is 4.00. The molecule has 16 heavy (non-hydrogen) atoms. The van der Waals surface area contributed by atoms with Crippen LogP contribution in [0.5, 0.6) is 0 Å². The van der Waals surface area contributed by atoms with E-state index in [9.17, 15) is 8.76 Å². The van der Waals surface area contributed by atoms with Crippen LogP contribution in [0.15, 0.2) is 39.1 Å². The molecular weight excluding hydrogens is 321 g/mol. The smallest absolute Gasteiger partial charge is 0.767 e. The van der Waals surface area contributed by atoms with Crippen molar-refractivity contribution in [3.05, 3.63) is 34.1 Å². The van der Waals surface area contributed by atoms with Crippen LogP contribution in [0.3, 0.4) is 0 Å². The predicted molar refractivity (Wildman–Crippen MR) is 62.4 cm³/mol. The number of nitrogens with zero attached hydrogens (tertiary/aromatic N) is 1. The van der Waals surface area contributed by atoms with Crippen molar-refractivity contribution < 1.29 is 38.3 Å². The zero-order chi connectivity index (χ0) is 10.8. The van der Waals surface area contributed by atoms with Crippen molar-refractivity contribution >= 4 is 38.3 Å². The minimum absolute atomic E-state index is 0. The molecule has 2 rings (SSSR count). The summed E-state index contributed by atoms with van der Waals surface area (Å²) in [7, 11) is 0. The monoisotopic (exact) mass is 325 g/mol. The molecule has 0 saturated heterocycles. The third-order valence-electron chi connectivity index (χ3n) is 1.75. The second-order valence-corrected chi connectivity index (χ2v) is 5.39. The minimum atomic E-state index is -2.25. The van der Waals surface area contributed by atoms with Crippen LogP contribution in [0.25, 0.3) is 10.6 Å². The SMILES string of the molecule is O=S([O-])c1csc(-c2ccc(Br)cc2)n1.[Na+]. The number of halogens is 1. The Bertz CT molecular complexity index is 500. The van der Waals surface area contributed by atoms with Crippen LogP contribution in [0.2, 0.25) is 0 Å². The Hall–Kier alpha value is 0.440. The molecule has 3 nitrogen and oxygen atoms in total. The Morgan fingerprint density at radius 3 is 2.44 bits per heavy atom. The van der Waals surface area contributed by atoms with Gasteiger partial charge in [0.05, 0.1) is 0 Å². The molecule has 0 aliphatic carbocycles. The van der Waals surface area contributed by atoms with Gasteiger partial charge in [-0.3, -0.25) is 4.21 Å². The van der Waals surface area contributed by atoms with E-state index < -0.39 is 11.1 Å². The second-order valence-electron chi connectivity index (χ2n) is 2.73. The number of hydrogen-bond donors (Lipinski definition) is 0. The topological polar surface area (TPSA) is 53.0 Å². The Balaban J connectivity index is 0.00000128. The van der Waals surface area contributed by atoms with Crippen LogP contribution in [0.1, 0.15) is 0 Å². The first-order chi connectivity index (χ1) is 7.16. The quantitative estimate of drug-likeness (QED) is 0.568. The summed E-state index contributed by atoms with van der Waals surface area (Å²) in [5.74, 6) is 0. The van der Waals surface area contributed by atoms with Gasteiger partial charge in [-0.2, -0.15) is 0 Å². The molecule has 1 atom stereocenters. The maximum Gasteiger partial charge on any atom is 1.00 e. The summed E-state index contributed by atoms with van der Waals surface area (Å²) in [5.41, 5.74) is 0.917. The van der Waals surface area contributed by atoms with Crippen molar-refractivity contribution in [1.29, 1.82) is 0 Å². The standard InChI is InChI=1S/C9H6BrNO2S2.Na/c10-7-3-1-6(2-4-7)9-11-8(5-14-9)15(12)13;/h1-5H,(H,12,13);/q;+1/p-1. The van der Waals surface area contributed by atoms with Crippen LogP contribution < -0.4 is 29.6 Å². The van der Waals surface area contributed by atoms with E-state index in [1.807, 2.05) is 24.3 Å². The molecule has 0 aliphatic rings. The fourth-order valence-corrected chi connectivity index (χ4v) is 2.70. The van der Waals surface area contributed by atoms with Crippen molar-refractivity contribution in [3.8, 4) is 10.6 Å². The Morgan fingerprint density at radius 1 is 1.31 bits per heavy atom. The average Bonchev–Trinajstić information content (AvgIpc) is 2.68. The second kappa shape index (κ2) is 6.39. The number of aromatic nitrogens is 1. The predicted octanol–water partition coefficient (Wildman–Crippen LogP) is -0.185. The molecular formula is C9H5BrNNaO2S2. The van der Waals surface area contributed by atoms with Gasteiger partial charge in [0, 0.05) is 15.4 Å². The van der Waals surface area contributed by atoms with Gasteiger partial charge in [-0.05, 0) is 23.2 Å². The summed E-state index contributed by atoms with van der Waals surface area (Å²) in [6.07, 6.45) is 0. The van der Waals surface area contributed by atoms with Crippen LogP contribution in [-0.2, 0) is 11.1 Å². The first kappa shape index (κ1) is 14.5. The van der Waals surface area contributed by atoms with Gasteiger partial charge in [0.2, 0.25) is 0 Å². The molecule has 0 spiro atoms. The Morgan fingerprint density at radius 2 is 1.94 bits per heavy atom. The molecule has 7 heteroatoms. The maximum atomic E-state index is 10.6. The van der Waals surface area contributed by atoms with Gasteiger partial charge in [0.1, 0.15) is 10.0 Å². The molecule has 0 aliphatic heterocycles. The first-order valence-electron chi connectivity index (χ1n) is 3.97. The molecule has 1 aromatic heterocycles. The minimum Gasteiger partial charge on any atom is -0.767 e. The zero-order valence-electron chi connectivity index (χ0n) is 8.34. The van der Waals surface area contributed by atoms with E-state index in [2.05, 4.69) is 20.9 Å². The third-order valence-corrected chi connectivity index (χ3v) is 3.86. The van der Waals surface area contributed by atoms with E-state index >= 15 is 0 Å². The maximum absolute atomic E-state index is 10.6. The summed E-state index contributed by atoms with van der Waals surface area (Å²) >= 11 is 2.40. The number of thiazole rings is 1. The normalized spacial score (nSPS) is 11.9.